The van der Waals surface area contributed by atoms with Crippen LogP contribution in [0.4, 0.5) is 0 Å². The highest BCUT2D eigenvalue weighted by Crippen LogP contribution is 2.03. The van der Waals surface area contributed by atoms with Crippen molar-refractivity contribution in [3.8, 4) is 0 Å². The number of nitrogens with one attached hydrogen (secondary N) is 1. The van der Waals surface area contributed by atoms with E-state index < -0.39 is 16.7 Å². The maximum Gasteiger partial charge on any atom is 0.261 e. The Kier molecular flexibility index (Phi) is 5.22. The minimum absolute atomic E-state index is 0.0811. The normalized spacial score (nSPS) is 13.2. The molecule has 0 aliphatic heterocycles. The van der Waals surface area contributed by atoms with Crippen molar-refractivity contribution in [3.63, 3.8) is 0 Å². The lowest BCUT2D eigenvalue weighted by Gasteiger charge is -2.05. The second kappa shape index (κ2) is 6.45. The fourth-order valence-corrected chi connectivity index (χ4v) is 2.04. The van der Waals surface area contributed by atoms with E-state index in [1.807, 2.05) is 30.3 Å². The van der Waals surface area contributed by atoms with Gasteiger partial charge in [0.05, 0.1) is 10.8 Å². The fourth-order valence-electron chi connectivity index (χ4n) is 1.11. The maximum atomic E-state index is 11.5. The molecule has 0 saturated carbocycles. The molecule has 1 unspecified atom stereocenters. The van der Waals surface area contributed by atoms with Gasteiger partial charge in [-0.2, -0.15) is 0 Å². The van der Waals surface area contributed by atoms with Crippen LogP contribution in [0.5, 0.6) is 0 Å². The molecule has 0 saturated heterocycles. The molecule has 0 bridgehead atoms. The SMILES string of the molecule is CS(=O)/C(=C\Cl)C(=O)NCc1ccccc1. The van der Waals surface area contributed by atoms with Crippen molar-refractivity contribution in [2.75, 3.05) is 6.26 Å². The summed E-state index contributed by atoms with van der Waals surface area (Å²) in [5.74, 6) is -0.403. The summed E-state index contributed by atoms with van der Waals surface area (Å²) in [6.45, 7) is 0.394. The van der Waals surface area contributed by atoms with E-state index in [0.29, 0.717) is 6.54 Å². The summed E-state index contributed by atoms with van der Waals surface area (Å²) in [4.78, 5) is 11.6. The molecule has 1 amide bonds. The summed E-state index contributed by atoms with van der Waals surface area (Å²) in [5, 5.41) is 2.65. The van der Waals surface area contributed by atoms with Crippen LogP contribution in [0.25, 0.3) is 0 Å². The molecule has 16 heavy (non-hydrogen) atoms. The molecule has 1 aromatic rings. The largest absolute Gasteiger partial charge is 0.347 e. The summed E-state index contributed by atoms with van der Waals surface area (Å²) in [7, 11) is -1.37. The first-order chi connectivity index (χ1) is 7.65. The molecule has 1 aromatic carbocycles. The van der Waals surface area contributed by atoms with E-state index in [1.54, 1.807) is 0 Å². The number of carbonyl (C=O) groups excluding carboxylic acids is 1. The van der Waals surface area contributed by atoms with Crippen molar-refractivity contribution in [2.24, 2.45) is 0 Å². The van der Waals surface area contributed by atoms with Gasteiger partial charge in [0.15, 0.2) is 0 Å². The summed E-state index contributed by atoms with van der Waals surface area (Å²) in [6.07, 6.45) is 1.41. The van der Waals surface area contributed by atoms with E-state index in [2.05, 4.69) is 5.32 Å². The van der Waals surface area contributed by atoms with E-state index in [1.165, 1.54) is 6.26 Å². The predicted octanol–water partition coefficient (Wildman–Crippen LogP) is 1.76. The quantitative estimate of drug-likeness (QED) is 0.836. The van der Waals surface area contributed by atoms with Crippen molar-refractivity contribution in [1.29, 1.82) is 0 Å². The zero-order valence-electron chi connectivity index (χ0n) is 8.77. The highest BCUT2D eigenvalue weighted by molar-refractivity contribution is 7.89. The highest BCUT2D eigenvalue weighted by atomic mass is 35.5. The Bertz CT molecular complexity index is 417. The molecule has 1 atom stereocenters. The predicted molar refractivity (Wildman–Crippen MR) is 66.3 cm³/mol. The van der Waals surface area contributed by atoms with E-state index >= 15 is 0 Å². The fraction of sp³-hybridized carbons (Fsp3) is 0.182. The van der Waals surface area contributed by atoms with E-state index in [-0.39, 0.29) is 4.91 Å². The molecule has 0 fully saturated rings. The zero-order chi connectivity index (χ0) is 12.0. The van der Waals surface area contributed by atoms with Gasteiger partial charge in [-0.25, -0.2) is 0 Å². The van der Waals surface area contributed by atoms with E-state index in [9.17, 15) is 9.00 Å². The first-order valence-corrected chi connectivity index (χ1v) is 6.60. The Hall–Kier alpha value is -1.13. The summed E-state index contributed by atoms with van der Waals surface area (Å²) in [6, 6.07) is 9.46. The number of amides is 1. The Morgan fingerprint density at radius 1 is 1.44 bits per heavy atom. The first kappa shape index (κ1) is 12.9. The van der Waals surface area contributed by atoms with Crippen molar-refractivity contribution in [2.45, 2.75) is 6.54 Å². The Morgan fingerprint density at radius 3 is 2.56 bits per heavy atom. The number of halogens is 1. The molecule has 86 valence electrons. The molecule has 5 heteroatoms. The number of hydrogen-bond acceptors (Lipinski definition) is 2. The van der Waals surface area contributed by atoms with Crippen LogP contribution in [0.1, 0.15) is 5.56 Å². The minimum Gasteiger partial charge on any atom is -0.347 e. The monoisotopic (exact) mass is 257 g/mol. The second-order valence-electron chi connectivity index (χ2n) is 3.10. The average molecular weight is 258 g/mol. The van der Waals surface area contributed by atoms with Crippen LogP contribution in [0.15, 0.2) is 40.8 Å². The van der Waals surface area contributed by atoms with Crippen LogP contribution >= 0.6 is 11.6 Å². The number of hydrogen-bond donors (Lipinski definition) is 1. The van der Waals surface area contributed by atoms with Crippen LogP contribution in [-0.2, 0) is 22.1 Å². The molecule has 3 nitrogen and oxygen atoms in total. The third-order valence-electron chi connectivity index (χ3n) is 1.93. The van der Waals surface area contributed by atoms with Gasteiger partial charge in [0.2, 0.25) is 0 Å². The van der Waals surface area contributed by atoms with Crippen molar-refractivity contribution in [3.05, 3.63) is 46.3 Å². The van der Waals surface area contributed by atoms with Crippen LogP contribution in [0, 0.1) is 0 Å². The third kappa shape index (κ3) is 3.79. The smallest absolute Gasteiger partial charge is 0.261 e. The van der Waals surface area contributed by atoms with Crippen molar-refractivity contribution < 1.29 is 9.00 Å². The summed E-state index contributed by atoms with van der Waals surface area (Å²) >= 11 is 5.42. The minimum atomic E-state index is -1.37. The number of carbonyl (C=O) groups is 1. The molecular weight excluding hydrogens is 246 g/mol. The maximum absolute atomic E-state index is 11.5. The molecule has 0 spiro atoms. The molecule has 0 aliphatic rings. The van der Waals surface area contributed by atoms with E-state index in [0.717, 1.165) is 11.1 Å². The van der Waals surface area contributed by atoms with Gasteiger partial charge >= 0.3 is 0 Å². The number of rotatable bonds is 4. The van der Waals surface area contributed by atoms with Gasteiger partial charge in [-0.3, -0.25) is 9.00 Å². The Balaban J connectivity index is 2.57. The molecule has 0 heterocycles. The van der Waals surface area contributed by atoms with Gasteiger partial charge in [-0.1, -0.05) is 41.9 Å². The standard InChI is InChI=1S/C11H12ClNO2S/c1-16(15)10(7-12)11(14)13-8-9-5-3-2-4-6-9/h2-7H,8H2,1H3,(H,13,14)/b10-7-. The van der Waals surface area contributed by atoms with Gasteiger partial charge in [-0.05, 0) is 5.56 Å². The van der Waals surface area contributed by atoms with Gasteiger partial charge in [-0.15, -0.1) is 0 Å². The molecule has 0 aromatic heterocycles. The topological polar surface area (TPSA) is 46.2 Å². The Labute approximate surface area is 102 Å². The third-order valence-corrected chi connectivity index (χ3v) is 3.20. The average Bonchev–Trinajstić information content (AvgIpc) is 2.28. The Morgan fingerprint density at radius 2 is 2.06 bits per heavy atom. The van der Waals surface area contributed by atoms with Crippen LogP contribution in [0.3, 0.4) is 0 Å². The van der Waals surface area contributed by atoms with Crippen LogP contribution < -0.4 is 5.32 Å². The second-order valence-corrected chi connectivity index (χ2v) is 4.66. The van der Waals surface area contributed by atoms with Crippen molar-refractivity contribution >= 4 is 28.3 Å². The molecular formula is C11H12ClNO2S. The van der Waals surface area contributed by atoms with Gasteiger partial charge < -0.3 is 5.32 Å². The lowest BCUT2D eigenvalue weighted by atomic mass is 10.2. The van der Waals surface area contributed by atoms with Crippen molar-refractivity contribution in [1.82, 2.24) is 5.32 Å². The van der Waals surface area contributed by atoms with Gasteiger partial charge in [0.25, 0.3) is 5.91 Å². The van der Waals surface area contributed by atoms with Gasteiger partial charge in [0.1, 0.15) is 4.91 Å². The zero-order valence-corrected chi connectivity index (χ0v) is 10.3. The van der Waals surface area contributed by atoms with Gasteiger partial charge in [0, 0.05) is 18.3 Å². The number of benzene rings is 1. The summed E-state index contributed by atoms with van der Waals surface area (Å²) < 4.78 is 11.1. The first-order valence-electron chi connectivity index (χ1n) is 4.61. The van der Waals surface area contributed by atoms with E-state index in [4.69, 9.17) is 11.6 Å². The van der Waals surface area contributed by atoms with Crippen LogP contribution in [-0.4, -0.2) is 16.4 Å². The lowest BCUT2D eigenvalue weighted by molar-refractivity contribution is -0.116. The van der Waals surface area contributed by atoms with Crippen LogP contribution in [0.2, 0.25) is 0 Å². The summed E-state index contributed by atoms with van der Waals surface area (Å²) in [5.41, 5.74) is 2.03. The molecule has 0 radical (unpaired) electrons. The molecule has 1 rings (SSSR count). The lowest BCUT2D eigenvalue weighted by Crippen LogP contribution is -2.25. The molecule has 1 N–H and O–H groups in total. The molecule has 0 aliphatic carbocycles. The highest BCUT2D eigenvalue weighted by Gasteiger charge is 2.11.